The minimum atomic E-state index is -1.02. The number of rotatable bonds is 3. The van der Waals surface area contributed by atoms with Crippen LogP contribution in [0, 0.1) is 11.3 Å². The molecule has 0 fully saturated rings. The Balaban J connectivity index is 3.32. The molecule has 1 rings (SSSR count). The van der Waals surface area contributed by atoms with E-state index in [4.69, 9.17) is 10.4 Å². The van der Waals surface area contributed by atoms with Gasteiger partial charge in [-0.2, -0.15) is 5.26 Å². The van der Waals surface area contributed by atoms with Crippen molar-refractivity contribution in [3.05, 3.63) is 33.3 Å². The number of carbonyl (C=O) groups is 2. The highest BCUT2D eigenvalue weighted by Gasteiger charge is 2.12. The maximum atomic E-state index is 10.8. The Hall–Kier alpha value is -1.67. The third kappa shape index (κ3) is 2.42. The molecule has 0 atom stereocenters. The van der Waals surface area contributed by atoms with Crippen molar-refractivity contribution in [1.29, 1.82) is 5.26 Å². The van der Waals surface area contributed by atoms with Crippen LogP contribution < -0.4 is 0 Å². The summed E-state index contributed by atoms with van der Waals surface area (Å²) in [5, 5.41) is 17.3. The molecule has 0 spiro atoms. The number of carboxylic acids is 1. The molecular formula is C10H6BrNO3. The maximum Gasteiger partial charge on any atom is 0.307 e. The van der Waals surface area contributed by atoms with Crippen LogP contribution in [0.4, 0.5) is 0 Å². The Labute approximate surface area is 94.3 Å². The van der Waals surface area contributed by atoms with Crippen LogP contribution in [0.5, 0.6) is 0 Å². The third-order valence-corrected chi connectivity index (χ3v) is 2.70. The van der Waals surface area contributed by atoms with Crippen molar-refractivity contribution >= 4 is 28.2 Å². The molecule has 1 aromatic carbocycles. The zero-order valence-electron chi connectivity index (χ0n) is 7.53. The first kappa shape index (κ1) is 11.4. The fourth-order valence-electron chi connectivity index (χ4n) is 1.16. The summed E-state index contributed by atoms with van der Waals surface area (Å²) in [6.07, 6.45) is 0.307. The highest BCUT2D eigenvalue weighted by Crippen LogP contribution is 2.23. The van der Waals surface area contributed by atoms with Crippen LogP contribution >= 0.6 is 15.9 Å². The van der Waals surface area contributed by atoms with E-state index < -0.39 is 5.97 Å². The van der Waals surface area contributed by atoms with Gasteiger partial charge >= 0.3 is 5.97 Å². The summed E-state index contributed by atoms with van der Waals surface area (Å²) < 4.78 is 0.346. The van der Waals surface area contributed by atoms with E-state index in [0.29, 0.717) is 21.9 Å². The molecule has 0 aliphatic heterocycles. The molecule has 0 amide bonds. The quantitative estimate of drug-likeness (QED) is 0.847. The molecule has 5 heteroatoms. The number of carbonyl (C=O) groups excluding carboxylic acids is 1. The highest BCUT2D eigenvalue weighted by molar-refractivity contribution is 9.10. The molecule has 1 aromatic rings. The minimum absolute atomic E-state index is 0.219. The number of nitrogens with zero attached hydrogens (tertiary/aromatic N) is 1. The van der Waals surface area contributed by atoms with Gasteiger partial charge in [-0.25, -0.2) is 0 Å². The van der Waals surface area contributed by atoms with Gasteiger partial charge < -0.3 is 5.11 Å². The molecule has 0 aromatic heterocycles. The third-order valence-electron chi connectivity index (χ3n) is 1.85. The number of benzene rings is 1. The summed E-state index contributed by atoms with van der Waals surface area (Å²) in [5.74, 6) is -1.02. The summed E-state index contributed by atoms with van der Waals surface area (Å²) in [6.45, 7) is 0. The summed E-state index contributed by atoms with van der Waals surface area (Å²) in [4.78, 5) is 21.3. The van der Waals surface area contributed by atoms with E-state index in [-0.39, 0.29) is 12.0 Å². The molecule has 1 N–H and O–H groups in total. The molecule has 0 radical (unpaired) electrons. The second-order valence-corrected chi connectivity index (χ2v) is 3.59. The number of hydrogen-bond donors (Lipinski definition) is 1. The lowest BCUT2D eigenvalue weighted by Crippen LogP contribution is -2.04. The van der Waals surface area contributed by atoms with Gasteiger partial charge in [0.25, 0.3) is 0 Å². The number of carboxylic acid groups (broad SMARTS) is 1. The van der Waals surface area contributed by atoms with Crippen molar-refractivity contribution < 1.29 is 14.7 Å². The second-order valence-electron chi connectivity index (χ2n) is 2.80. The van der Waals surface area contributed by atoms with Gasteiger partial charge in [-0.3, -0.25) is 9.59 Å². The lowest BCUT2D eigenvalue weighted by atomic mass is 10.0. The van der Waals surface area contributed by atoms with Crippen molar-refractivity contribution in [2.45, 2.75) is 6.42 Å². The fraction of sp³-hybridized carbons (Fsp3) is 0.100. The van der Waals surface area contributed by atoms with E-state index in [2.05, 4.69) is 15.9 Å². The Morgan fingerprint density at radius 2 is 2.27 bits per heavy atom. The van der Waals surface area contributed by atoms with E-state index in [1.54, 1.807) is 0 Å². The molecule has 0 aliphatic carbocycles. The number of aliphatic carboxylic acids is 1. The van der Waals surface area contributed by atoms with Crippen LogP contribution in [0.25, 0.3) is 0 Å². The van der Waals surface area contributed by atoms with Gasteiger partial charge in [0.1, 0.15) is 6.07 Å². The number of hydrogen-bond acceptors (Lipinski definition) is 3. The monoisotopic (exact) mass is 267 g/mol. The molecule has 0 bridgehead atoms. The summed E-state index contributed by atoms with van der Waals surface area (Å²) in [6, 6.07) is 4.85. The van der Waals surface area contributed by atoms with Gasteiger partial charge in [0, 0.05) is 10.0 Å². The van der Waals surface area contributed by atoms with Crippen molar-refractivity contribution in [3.63, 3.8) is 0 Å². The molecule has 0 saturated heterocycles. The van der Waals surface area contributed by atoms with E-state index in [1.807, 2.05) is 6.07 Å². The van der Waals surface area contributed by atoms with Crippen LogP contribution in [-0.4, -0.2) is 17.4 Å². The van der Waals surface area contributed by atoms with E-state index >= 15 is 0 Å². The summed E-state index contributed by atoms with van der Waals surface area (Å²) >= 11 is 3.10. The molecule has 15 heavy (non-hydrogen) atoms. The number of nitriles is 1. The zero-order valence-corrected chi connectivity index (χ0v) is 9.11. The first-order chi connectivity index (χ1) is 7.10. The van der Waals surface area contributed by atoms with Gasteiger partial charge in [0.2, 0.25) is 0 Å². The van der Waals surface area contributed by atoms with E-state index in [0.717, 1.165) is 0 Å². The smallest absolute Gasteiger partial charge is 0.307 e. The van der Waals surface area contributed by atoms with Crippen LogP contribution in [0.15, 0.2) is 16.6 Å². The molecule has 0 aliphatic rings. The van der Waals surface area contributed by atoms with Crippen molar-refractivity contribution in [2.75, 3.05) is 0 Å². The highest BCUT2D eigenvalue weighted by atomic mass is 79.9. The van der Waals surface area contributed by atoms with E-state index in [1.165, 1.54) is 12.1 Å². The first-order valence-electron chi connectivity index (χ1n) is 3.98. The standard InChI is InChI=1S/C10H6BrNO3/c11-10-7(4-12)2-1-6(3-9(14)15)8(10)5-13/h1-2,5H,3H2,(H,14,15). The Kier molecular flexibility index (Phi) is 3.58. The normalized spacial score (nSPS) is 9.33. The van der Waals surface area contributed by atoms with E-state index in [9.17, 15) is 9.59 Å². The lowest BCUT2D eigenvalue weighted by molar-refractivity contribution is -0.136. The van der Waals surface area contributed by atoms with Gasteiger partial charge in [-0.1, -0.05) is 6.07 Å². The molecule has 76 valence electrons. The topological polar surface area (TPSA) is 78.2 Å². The predicted molar refractivity (Wildman–Crippen MR) is 55.6 cm³/mol. The van der Waals surface area contributed by atoms with Crippen LogP contribution in [0.3, 0.4) is 0 Å². The van der Waals surface area contributed by atoms with Crippen molar-refractivity contribution in [2.24, 2.45) is 0 Å². The summed E-state index contributed by atoms with van der Waals surface area (Å²) in [5.41, 5.74) is 0.922. The average Bonchev–Trinajstić information content (AvgIpc) is 2.18. The van der Waals surface area contributed by atoms with Crippen LogP contribution in [0.2, 0.25) is 0 Å². The van der Waals surface area contributed by atoms with Crippen LogP contribution in [0.1, 0.15) is 21.5 Å². The molecular weight excluding hydrogens is 262 g/mol. The molecule has 0 unspecified atom stereocenters. The Bertz CT molecular complexity index is 462. The van der Waals surface area contributed by atoms with Crippen molar-refractivity contribution in [3.8, 4) is 6.07 Å². The maximum absolute atomic E-state index is 10.8. The summed E-state index contributed by atoms with van der Waals surface area (Å²) in [7, 11) is 0. The minimum Gasteiger partial charge on any atom is -0.481 e. The fourth-order valence-corrected chi connectivity index (χ4v) is 1.73. The van der Waals surface area contributed by atoms with Gasteiger partial charge in [0.05, 0.1) is 12.0 Å². The van der Waals surface area contributed by atoms with Gasteiger partial charge in [-0.05, 0) is 27.6 Å². The second kappa shape index (κ2) is 4.71. The Morgan fingerprint density at radius 3 is 2.73 bits per heavy atom. The average molecular weight is 268 g/mol. The first-order valence-corrected chi connectivity index (χ1v) is 4.78. The Morgan fingerprint density at radius 1 is 1.60 bits per heavy atom. The van der Waals surface area contributed by atoms with Gasteiger partial charge in [0.15, 0.2) is 6.29 Å². The largest absolute Gasteiger partial charge is 0.481 e. The molecule has 0 heterocycles. The van der Waals surface area contributed by atoms with Crippen LogP contribution in [-0.2, 0) is 11.2 Å². The molecule has 0 saturated carbocycles. The number of halogens is 1. The SMILES string of the molecule is N#Cc1ccc(CC(=O)O)c(C=O)c1Br. The number of aldehydes is 1. The van der Waals surface area contributed by atoms with Crippen molar-refractivity contribution in [1.82, 2.24) is 0 Å². The zero-order chi connectivity index (χ0) is 11.4. The molecule has 4 nitrogen and oxygen atoms in total. The predicted octanol–water partition coefficient (Wildman–Crippen LogP) is 1.76. The van der Waals surface area contributed by atoms with Gasteiger partial charge in [-0.15, -0.1) is 0 Å². The lowest BCUT2D eigenvalue weighted by Gasteiger charge is -2.05.